The van der Waals surface area contributed by atoms with E-state index in [0.717, 1.165) is 5.56 Å². The highest BCUT2D eigenvalue weighted by Gasteiger charge is 2.37. The van der Waals surface area contributed by atoms with Gasteiger partial charge in [-0.2, -0.15) is 0 Å². The number of benzene rings is 1. The molecule has 23 heavy (non-hydrogen) atoms. The van der Waals surface area contributed by atoms with Gasteiger partial charge in [0.2, 0.25) is 0 Å². The molecule has 0 radical (unpaired) electrons. The van der Waals surface area contributed by atoms with Gasteiger partial charge < -0.3 is 14.5 Å². The summed E-state index contributed by atoms with van der Waals surface area (Å²) in [6, 6.07) is 5.30. The topological polar surface area (TPSA) is 80.7 Å². The zero-order valence-electron chi connectivity index (χ0n) is 13.5. The Morgan fingerprint density at radius 3 is 2.65 bits per heavy atom. The average molecular weight is 316 g/mol. The quantitative estimate of drug-likeness (QED) is 0.617. The molecule has 1 aromatic carbocycles. The minimum atomic E-state index is -1.10. The fourth-order valence-electron chi connectivity index (χ4n) is 2.86. The van der Waals surface area contributed by atoms with Crippen LogP contribution >= 0.6 is 0 Å². The lowest BCUT2D eigenvalue weighted by Gasteiger charge is -2.28. The van der Waals surface area contributed by atoms with E-state index >= 15 is 0 Å². The molecular weight excluding hydrogens is 295 g/mol. The van der Waals surface area contributed by atoms with Gasteiger partial charge in [-0.3, -0.25) is 9.59 Å². The Morgan fingerprint density at radius 1 is 1.26 bits per heavy atom. The molecule has 1 aliphatic heterocycles. The van der Waals surface area contributed by atoms with Crippen LogP contribution in [-0.2, 0) is 16.0 Å². The number of hydrogen-bond donors (Lipinski definition) is 1. The summed E-state index contributed by atoms with van der Waals surface area (Å²) in [6.07, 6.45) is 1.99. The number of carbonyl (C=O) groups is 3. The molecule has 5 nitrogen and oxygen atoms in total. The maximum absolute atomic E-state index is 12.0. The smallest absolute Gasteiger partial charge is 0.526 e. The molecule has 1 heterocycles. The number of fused-ring (bicyclic) bond motifs is 1. The molecule has 0 saturated carbocycles. The first-order chi connectivity index (χ1) is 10.9. The highest BCUT2D eigenvalue weighted by molar-refractivity contribution is 6.47. The van der Waals surface area contributed by atoms with Crippen molar-refractivity contribution in [1.29, 1.82) is 0 Å². The standard InChI is InChI=1S/C17H21BO5/c1-11(19)5-3-7-15(21)10-14-9-13-6-4-8-16(12(2)20)17(13)23-18(14)22/h4,6,8,14,22H,3,5,7,9-10H2,1-2H3/t14-/m1/s1. The molecule has 0 spiro atoms. The first-order valence-electron chi connectivity index (χ1n) is 7.87. The molecule has 0 unspecified atom stereocenters. The molecule has 0 aliphatic carbocycles. The Kier molecular flexibility index (Phi) is 5.72. The third-order valence-electron chi connectivity index (χ3n) is 4.07. The normalized spacial score (nSPS) is 16.5. The van der Waals surface area contributed by atoms with Gasteiger partial charge in [0.05, 0.1) is 5.56 Å². The molecule has 1 atom stereocenters. The van der Waals surface area contributed by atoms with E-state index in [1.54, 1.807) is 12.1 Å². The lowest BCUT2D eigenvalue weighted by atomic mass is 9.64. The monoisotopic (exact) mass is 316 g/mol. The van der Waals surface area contributed by atoms with E-state index in [1.165, 1.54) is 13.8 Å². The van der Waals surface area contributed by atoms with Crippen molar-refractivity contribution in [3.8, 4) is 5.75 Å². The first-order valence-corrected chi connectivity index (χ1v) is 7.87. The van der Waals surface area contributed by atoms with Gasteiger partial charge in [0.15, 0.2) is 5.78 Å². The summed E-state index contributed by atoms with van der Waals surface area (Å²) < 4.78 is 5.51. The van der Waals surface area contributed by atoms with Gasteiger partial charge in [0, 0.05) is 25.1 Å². The summed E-state index contributed by atoms with van der Waals surface area (Å²) in [7, 11) is -1.10. The largest absolute Gasteiger partial charge is 0.535 e. The van der Waals surface area contributed by atoms with Crippen molar-refractivity contribution < 1.29 is 24.1 Å². The third kappa shape index (κ3) is 4.51. The van der Waals surface area contributed by atoms with Crippen LogP contribution in [-0.4, -0.2) is 29.5 Å². The van der Waals surface area contributed by atoms with E-state index in [4.69, 9.17) is 4.65 Å². The number of para-hydroxylation sites is 1. The molecule has 0 saturated heterocycles. The predicted octanol–water partition coefficient (Wildman–Crippen LogP) is 2.39. The van der Waals surface area contributed by atoms with Crippen LogP contribution in [0.3, 0.4) is 0 Å². The van der Waals surface area contributed by atoms with Gasteiger partial charge >= 0.3 is 7.12 Å². The van der Waals surface area contributed by atoms with Crippen LogP contribution in [0.4, 0.5) is 0 Å². The molecule has 1 aliphatic rings. The molecule has 0 bridgehead atoms. The van der Waals surface area contributed by atoms with Gasteiger partial charge in [-0.15, -0.1) is 0 Å². The summed E-state index contributed by atoms with van der Waals surface area (Å²) in [5.41, 5.74) is 1.29. The van der Waals surface area contributed by atoms with Crippen molar-refractivity contribution in [2.75, 3.05) is 0 Å². The Bertz CT molecular complexity index is 625. The lowest BCUT2D eigenvalue weighted by molar-refractivity contribution is -0.119. The lowest BCUT2D eigenvalue weighted by Crippen LogP contribution is -2.35. The highest BCUT2D eigenvalue weighted by Crippen LogP contribution is 2.36. The second-order valence-corrected chi connectivity index (χ2v) is 6.12. The molecule has 1 aromatic rings. The summed E-state index contributed by atoms with van der Waals surface area (Å²) in [6.45, 7) is 2.96. The van der Waals surface area contributed by atoms with Crippen molar-refractivity contribution in [1.82, 2.24) is 0 Å². The number of carbonyl (C=O) groups excluding carboxylic acids is 3. The summed E-state index contributed by atoms with van der Waals surface area (Å²) >= 11 is 0. The number of rotatable bonds is 7. The summed E-state index contributed by atoms with van der Waals surface area (Å²) in [5, 5.41) is 10.1. The van der Waals surface area contributed by atoms with Crippen molar-refractivity contribution in [3.63, 3.8) is 0 Å². The average Bonchev–Trinajstić information content (AvgIpc) is 2.46. The van der Waals surface area contributed by atoms with Gasteiger partial charge in [0.25, 0.3) is 0 Å². The van der Waals surface area contributed by atoms with E-state index < -0.39 is 7.12 Å². The van der Waals surface area contributed by atoms with Crippen LogP contribution in [0.2, 0.25) is 5.82 Å². The van der Waals surface area contributed by atoms with Gasteiger partial charge in [-0.05, 0) is 38.3 Å². The van der Waals surface area contributed by atoms with Gasteiger partial charge in [-0.1, -0.05) is 12.1 Å². The van der Waals surface area contributed by atoms with Crippen molar-refractivity contribution in [2.45, 2.75) is 51.8 Å². The second kappa shape index (κ2) is 7.55. The molecule has 122 valence electrons. The van der Waals surface area contributed by atoms with E-state index in [-0.39, 0.29) is 29.6 Å². The molecule has 0 amide bonds. The Balaban J connectivity index is 2.01. The molecule has 0 aromatic heterocycles. The van der Waals surface area contributed by atoms with Gasteiger partial charge in [0.1, 0.15) is 17.3 Å². The molecule has 0 fully saturated rings. The zero-order chi connectivity index (χ0) is 17.0. The van der Waals surface area contributed by atoms with Crippen molar-refractivity contribution >= 4 is 24.5 Å². The predicted molar refractivity (Wildman–Crippen MR) is 86.7 cm³/mol. The van der Waals surface area contributed by atoms with E-state index in [0.29, 0.717) is 37.0 Å². The number of hydrogen-bond acceptors (Lipinski definition) is 5. The van der Waals surface area contributed by atoms with E-state index in [1.807, 2.05) is 6.07 Å². The molecule has 1 N–H and O–H groups in total. The minimum absolute atomic E-state index is 0.0186. The Labute approximate surface area is 136 Å². The Morgan fingerprint density at radius 2 is 2.00 bits per heavy atom. The van der Waals surface area contributed by atoms with Crippen LogP contribution < -0.4 is 4.65 Å². The SMILES string of the molecule is CC(=O)CCCC(=O)C[C@H]1Cc2cccc(C(C)=O)c2OB1O. The van der Waals surface area contributed by atoms with Crippen LogP contribution in [0.1, 0.15) is 55.5 Å². The third-order valence-corrected chi connectivity index (χ3v) is 4.07. The number of Topliss-reactive ketones (excluding diaryl/α,β-unsaturated/α-hetero) is 3. The van der Waals surface area contributed by atoms with Crippen LogP contribution in [0.5, 0.6) is 5.75 Å². The van der Waals surface area contributed by atoms with Crippen molar-refractivity contribution in [2.24, 2.45) is 0 Å². The molecule has 6 heteroatoms. The second-order valence-electron chi connectivity index (χ2n) is 6.12. The molecular formula is C17H21BO5. The van der Waals surface area contributed by atoms with Crippen LogP contribution in [0.15, 0.2) is 18.2 Å². The highest BCUT2D eigenvalue weighted by atomic mass is 16.5. The van der Waals surface area contributed by atoms with Crippen molar-refractivity contribution in [3.05, 3.63) is 29.3 Å². The summed E-state index contributed by atoms with van der Waals surface area (Å²) in [5.74, 6) is 0.0738. The minimum Gasteiger partial charge on any atom is -0.535 e. The van der Waals surface area contributed by atoms with E-state index in [9.17, 15) is 19.4 Å². The Hall–Kier alpha value is -1.95. The summed E-state index contributed by atoms with van der Waals surface area (Å²) in [4.78, 5) is 34.5. The van der Waals surface area contributed by atoms with Gasteiger partial charge in [-0.25, -0.2) is 0 Å². The first kappa shape index (κ1) is 17.4. The molecule has 2 rings (SSSR count). The fraction of sp³-hybridized carbons (Fsp3) is 0.471. The maximum atomic E-state index is 12.0. The fourth-order valence-corrected chi connectivity index (χ4v) is 2.86. The zero-order valence-corrected chi connectivity index (χ0v) is 13.5. The maximum Gasteiger partial charge on any atom is 0.526 e. The van der Waals surface area contributed by atoms with Crippen LogP contribution in [0, 0.1) is 0 Å². The number of ketones is 3. The van der Waals surface area contributed by atoms with Crippen LogP contribution in [0.25, 0.3) is 0 Å². The van der Waals surface area contributed by atoms with E-state index in [2.05, 4.69) is 0 Å².